The molecule has 68 valence electrons. The fourth-order valence-corrected chi connectivity index (χ4v) is 0.806. The Balaban J connectivity index is 3.18. The topological polar surface area (TPSA) is 75.7 Å². The first-order valence-electron chi connectivity index (χ1n) is 3.26. The predicted octanol–water partition coefficient (Wildman–Crippen LogP) is 1.54. The molecule has 1 N–H and O–H groups in total. The van der Waals surface area contributed by atoms with Crippen LogP contribution in [0.1, 0.15) is 5.56 Å². The molecule has 0 aromatic heterocycles. The van der Waals surface area contributed by atoms with Crippen LogP contribution in [-0.2, 0) is 0 Å². The van der Waals surface area contributed by atoms with E-state index in [2.05, 4.69) is 5.16 Å². The van der Waals surface area contributed by atoms with Gasteiger partial charge in [-0.2, -0.15) is 0 Å². The van der Waals surface area contributed by atoms with E-state index >= 15 is 0 Å². The average molecular weight is 184 g/mol. The average Bonchev–Trinajstić information content (AvgIpc) is 2.08. The van der Waals surface area contributed by atoms with Crippen LogP contribution in [0.2, 0.25) is 0 Å². The molecule has 0 heterocycles. The van der Waals surface area contributed by atoms with Crippen molar-refractivity contribution in [2.24, 2.45) is 5.16 Å². The van der Waals surface area contributed by atoms with Crippen LogP contribution in [-0.4, -0.2) is 16.3 Å². The molecule has 0 spiro atoms. The SMILES string of the molecule is O=[N+]([O-])c1ccc(F)c(/C=N/O)c1. The molecule has 0 bridgehead atoms. The summed E-state index contributed by atoms with van der Waals surface area (Å²) in [6, 6.07) is 2.95. The van der Waals surface area contributed by atoms with Gasteiger partial charge in [-0.15, -0.1) is 0 Å². The van der Waals surface area contributed by atoms with Crippen LogP contribution in [0.5, 0.6) is 0 Å². The van der Waals surface area contributed by atoms with Gasteiger partial charge in [0.25, 0.3) is 5.69 Å². The molecule has 0 atom stereocenters. The second-order valence-electron chi connectivity index (χ2n) is 2.21. The standard InChI is InChI=1S/C7H5FN2O3/c8-7-2-1-6(10(12)13)3-5(7)4-9-11/h1-4,11H/b9-4+. The Kier molecular flexibility index (Phi) is 2.53. The van der Waals surface area contributed by atoms with E-state index < -0.39 is 10.7 Å². The lowest BCUT2D eigenvalue weighted by Gasteiger charge is -1.94. The van der Waals surface area contributed by atoms with Crippen molar-refractivity contribution < 1.29 is 14.5 Å². The molecule has 6 heteroatoms. The van der Waals surface area contributed by atoms with Crippen LogP contribution in [0, 0.1) is 15.9 Å². The zero-order valence-corrected chi connectivity index (χ0v) is 6.35. The molecule has 0 radical (unpaired) electrons. The zero-order valence-electron chi connectivity index (χ0n) is 6.35. The molecule has 1 aromatic rings. The van der Waals surface area contributed by atoms with E-state index in [-0.39, 0.29) is 11.3 Å². The summed E-state index contributed by atoms with van der Waals surface area (Å²) < 4.78 is 12.8. The third kappa shape index (κ3) is 1.98. The first-order valence-corrected chi connectivity index (χ1v) is 3.26. The third-order valence-corrected chi connectivity index (χ3v) is 1.39. The van der Waals surface area contributed by atoms with Gasteiger partial charge in [0, 0.05) is 17.7 Å². The Morgan fingerprint density at radius 1 is 1.62 bits per heavy atom. The summed E-state index contributed by atoms with van der Waals surface area (Å²) in [4.78, 5) is 9.59. The van der Waals surface area contributed by atoms with Gasteiger partial charge in [0.1, 0.15) is 5.82 Å². The third-order valence-electron chi connectivity index (χ3n) is 1.39. The van der Waals surface area contributed by atoms with E-state index in [0.29, 0.717) is 0 Å². The van der Waals surface area contributed by atoms with Crippen LogP contribution >= 0.6 is 0 Å². The Morgan fingerprint density at radius 3 is 2.85 bits per heavy atom. The van der Waals surface area contributed by atoms with Crippen molar-refractivity contribution in [2.75, 3.05) is 0 Å². The van der Waals surface area contributed by atoms with E-state index in [1.54, 1.807) is 0 Å². The van der Waals surface area contributed by atoms with E-state index in [0.717, 1.165) is 24.4 Å². The quantitative estimate of drug-likeness (QED) is 0.328. The maximum absolute atomic E-state index is 12.8. The molecular weight excluding hydrogens is 179 g/mol. The largest absolute Gasteiger partial charge is 0.411 e. The molecule has 0 unspecified atom stereocenters. The lowest BCUT2D eigenvalue weighted by Crippen LogP contribution is -1.93. The van der Waals surface area contributed by atoms with Crippen molar-refractivity contribution in [3.63, 3.8) is 0 Å². The summed E-state index contributed by atoms with van der Waals surface area (Å²) in [6.07, 6.45) is 0.794. The maximum Gasteiger partial charge on any atom is 0.270 e. The number of non-ortho nitro benzene ring substituents is 1. The van der Waals surface area contributed by atoms with Crippen molar-refractivity contribution in [3.8, 4) is 0 Å². The summed E-state index contributed by atoms with van der Waals surface area (Å²) in [5.74, 6) is -0.677. The summed E-state index contributed by atoms with van der Waals surface area (Å²) >= 11 is 0. The molecule has 5 nitrogen and oxygen atoms in total. The van der Waals surface area contributed by atoms with E-state index in [1.807, 2.05) is 0 Å². The summed E-state index contributed by atoms with van der Waals surface area (Å²) in [5.41, 5.74) is -0.381. The number of rotatable bonds is 2. The van der Waals surface area contributed by atoms with Gasteiger partial charge in [-0.3, -0.25) is 10.1 Å². The van der Waals surface area contributed by atoms with Gasteiger partial charge in [0.2, 0.25) is 0 Å². The minimum Gasteiger partial charge on any atom is -0.411 e. The molecule has 0 aliphatic heterocycles. The van der Waals surface area contributed by atoms with E-state index in [4.69, 9.17) is 5.21 Å². The van der Waals surface area contributed by atoms with Gasteiger partial charge in [-0.1, -0.05) is 5.16 Å². The van der Waals surface area contributed by atoms with Crippen LogP contribution < -0.4 is 0 Å². The number of benzene rings is 1. The minimum atomic E-state index is -0.677. The molecule has 13 heavy (non-hydrogen) atoms. The molecule has 0 aliphatic carbocycles. The number of oxime groups is 1. The molecule has 0 saturated carbocycles. The van der Waals surface area contributed by atoms with Gasteiger partial charge >= 0.3 is 0 Å². The lowest BCUT2D eigenvalue weighted by atomic mass is 10.2. The molecule has 0 fully saturated rings. The summed E-state index contributed by atoms with van der Waals surface area (Å²) in [5, 5.41) is 20.9. The van der Waals surface area contributed by atoms with Crippen molar-refractivity contribution in [3.05, 3.63) is 39.7 Å². The highest BCUT2D eigenvalue weighted by molar-refractivity contribution is 5.80. The van der Waals surface area contributed by atoms with Crippen molar-refractivity contribution in [1.82, 2.24) is 0 Å². The van der Waals surface area contributed by atoms with Crippen LogP contribution in [0.3, 0.4) is 0 Å². The molecule has 0 aliphatic rings. The maximum atomic E-state index is 12.8. The predicted molar refractivity (Wildman–Crippen MR) is 42.4 cm³/mol. The second kappa shape index (κ2) is 3.61. The van der Waals surface area contributed by atoms with Crippen LogP contribution in [0.15, 0.2) is 23.4 Å². The van der Waals surface area contributed by atoms with Crippen LogP contribution in [0.4, 0.5) is 10.1 Å². The highest BCUT2D eigenvalue weighted by Gasteiger charge is 2.08. The highest BCUT2D eigenvalue weighted by Crippen LogP contribution is 2.14. The molecule has 0 saturated heterocycles. The number of halogens is 1. The minimum absolute atomic E-state index is 0.128. The number of hydrogen-bond donors (Lipinski definition) is 1. The Labute approximate surface area is 72.3 Å². The van der Waals surface area contributed by atoms with E-state index in [9.17, 15) is 14.5 Å². The molecule has 1 rings (SSSR count). The van der Waals surface area contributed by atoms with Crippen molar-refractivity contribution in [1.29, 1.82) is 0 Å². The second-order valence-corrected chi connectivity index (χ2v) is 2.21. The molecule has 0 amide bonds. The number of hydrogen-bond acceptors (Lipinski definition) is 4. The monoisotopic (exact) mass is 184 g/mol. The Hall–Kier alpha value is -1.98. The molecule has 1 aromatic carbocycles. The zero-order chi connectivity index (χ0) is 9.84. The van der Waals surface area contributed by atoms with Gasteiger partial charge in [-0.05, 0) is 6.07 Å². The Bertz CT molecular complexity index is 365. The fourth-order valence-electron chi connectivity index (χ4n) is 0.806. The fraction of sp³-hybridized carbons (Fsp3) is 0. The van der Waals surface area contributed by atoms with Crippen molar-refractivity contribution >= 4 is 11.9 Å². The lowest BCUT2D eigenvalue weighted by molar-refractivity contribution is -0.384. The van der Waals surface area contributed by atoms with Gasteiger partial charge in [0.15, 0.2) is 0 Å². The highest BCUT2D eigenvalue weighted by atomic mass is 19.1. The normalized spacial score (nSPS) is 10.5. The smallest absolute Gasteiger partial charge is 0.270 e. The van der Waals surface area contributed by atoms with Gasteiger partial charge in [-0.25, -0.2) is 4.39 Å². The first-order chi connectivity index (χ1) is 6.15. The summed E-state index contributed by atoms with van der Waals surface area (Å²) in [7, 11) is 0. The first kappa shape index (κ1) is 9.11. The van der Waals surface area contributed by atoms with E-state index in [1.165, 1.54) is 0 Å². The van der Waals surface area contributed by atoms with Gasteiger partial charge < -0.3 is 5.21 Å². The van der Waals surface area contributed by atoms with Crippen molar-refractivity contribution in [2.45, 2.75) is 0 Å². The van der Waals surface area contributed by atoms with Gasteiger partial charge in [0.05, 0.1) is 11.1 Å². The van der Waals surface area contributed by atoms with Crippen LogP contribution in [0.25, 0.3) is 0 Å². The number of nitro groups is 1. The molecular formula is C7H5FN2O3. The summed E-state index contributed by atoms with van der Waals surface area (Å²) in [6.45, 7) is 0. The number of nitro benzene ring substituents is 1. The Morgan fingerprint density at radius 2 is 2.31 bits per heavy atom. The number of nitrogens with zero attached hydrogens (tertiary/aromatic N) is 2.